The van der Waals surface area contributed by atoms with E-state index in [4.69, 9.17) is 9.47 Å². The monoisotopic (exact) mass is 280 g/mol. The lowest BCUT2D eigenvalue weighted by Gasteiger charge is -2.14. The van der Waals surface area contributed by atoms with Crippen LogP contribution in [0.4, 0.5) is 5.69 Å². The average Bonchev–Trinajstić information content (AvgIpc) is 2.83. The van der Waals surface area contributed by atoms with Gasteiger partial charge in [-0.2, -0.15) is 0 Å². The highest BCUT2D eigenvalue weighted by Crippen LogP contribution is 2.26. The van der Waals surface area contributed by atoms with Crippen molar-refractivity contribution in [3.63, 3.8) is 0 Å². The molecule has 0 saturated carbocycles. The van der Waals surface area contributed by atoms with Crippen molar-refractivity contribution in [2.24, 2.45) is 0 Å². The Labute approximate surface area is 116 Å². The number of non-ortho nitro benzene ring substituents is 1. The molecule has 0 aromatic heterocycles. The number of carbonyl (C=O) groups is 1. The standard InChI is InChI=1S/C13H16N2O5/c1-2-14-8-9-7-10(15(17)18)3-4-11(9)20-12-5-6-19-13(12)16/h3-4,7,12,14H,2,5-6,8H2,1H3. The first-order valence-electron chi connectivity index (χ1n) is 6.43. The van der Waals surface area contributed by atoms with E-state index in [1.54, 1.807) is 0 Å². The summed E-state index contributed by atoms with van der Waals surface area (Å²) in [5, 5.41) is 13.9. The van der Waals surface area contributed by atoms with E-state index in [1.807, 2.05) is 6.92 Å². The maximum absolute atomic E-state index is 11.4. The van der Waals surface area contributed by atoms with Crippen LogP contribution >= 0.6 is 0 Å². The maximum Gasteiger partial charge on any atom is 0.347 e. The topological polar surface area (TPSA) is 90.7 Å². The highest BCUT2D eigenvalue weighted by molar-refractivity contribution is 5.76. The first kappa shape index (κ1) is 14.3. The fourth-order valence-electron chi connectivity index (χ4n) is 1.93. The molecule has 20 heavy (non-hydrogen) atoms. The van der Waals surface area contributed by atoms with Crippen molar-refractivity contribution >= 4 is 11.7 Å². The van der Waals surface area contributed by atoms with Crippen LogP contribution in [0.15, 0.2) is 18.2 Å². The third-order valence-electron chi connectivity index (χ3n) is 2.98. The molecule has 1 atom stereocenters. The second-order valence-electron chi connectivity index (χ2n) is 4.39. The molecule has 1 aliphatic heterocycles. The summed E-state index contributed by atoms with van der Waals surface area (Å²) < 4.78 is 10.4. The summed E-state index contributed by atoms with van der Waals surface area (Å²) >= 11 is 0. The van der Waals surface area contributed by atoms with Gasteiger partial charge in [0.05, 0.1) is 11.5 Å². The van der Waals surface area contributed by atoms with E-state index in [-0.39, 0.29) is 5.69 Å². The van der Waals surface area contributed by atoms with E-state index >= 15 is 0 Å². The average molecular weight is 280 g/mol. The zero-order chi connectivity index (χ0) is 14.5. The van der Waals surface area contributed by atoms with Gasteiger partial charge in [-0.15, -0.1) is 0 Å². The lowest BCUT2D eigenvalue weighted by molar-refractivity contribution is -0.384. The van der Waals surface area contributed by atoms with Crippen molar-refractivity contribution in [2.75, 3.05) is 13.2 Å². The van der Waals surface area contributed by atoms with Gasteiger partial charge in [0.15, 0.2) is 6.10 Å². The third-order valence-corrected chi connectivity index (χ3v) is 2.98. The van der Waals surface area contributed by atoms with E-state index in [0.717, 1.165) is 6.54 Å². The van der Waals surface area contributed by atoms with Crippen LogP contribution in [0.2, 0.25) is 0 Å². The molecule has 0 radical (unpaired) electrons. The molecule has 0 spiro atoms. The minimum atomic E-state index is -0.628. The van der Waals surface area contributed by atoms with Gasteiger partial charge in [0, 0.05) is 30.7 Å². The van der Waals surface area contributed by atoms with E-state index in [9.17, 15) is 14.9 Å². The lowest BCUT2D eigenvalue weighted by atomic mass is 10.1. The van der Waals surface area contributed by atoms with Gasteiger partial charge >= 0.3 is 5.97 Å². The first-order valence-corrected chi connectivity index (χ1v) is 6.43. The number of carbonyl (C=O) groups excluding carboxylic acids is 1. The van der Waals surface area contributed by atoms with Crippen molar-refractivity contribution in [1.82, 2.24) is 5.32 Å². The molecule has 0 bridgehead atoms. The molecule has 7 nitrogen and oxygen atoms in total. The number of nitrogens with one attached hydrogen (secondary N) is 1. The van der Waals surface area contributed by atoms with Crippen LogP contribution in [0.1, 0.15) is 18.9 Å². The number of esters is 1. The van der Waals surface area contributed by atoms with Crippen LogP contribution in [-0.4, -0.2) is 30.1 Å². The van der Waals surface area contributed by atoms with E-state index in [0.29, 0.717) is 30.9 Å². The van der Waals surface area contributed by atoms with E-state index < -0.39 is 17.0 Å². The molecule has 2 rings (SSSR count). The van der Waals surface area contributed by atoms with Gasteiger partial charge in [0.1, 0.15) is 5.75 Å². The summed E-state index contributed by atoms with van der Waals surface area (Å²) in [5.74, 6) is 0.0816. The van der Waals surface area contributed by atoms with Crippen molar-refractivity contribution < 1.29 is 19.2 Å². The number of nitrogens with zero attached hydrogens (tertiary/aromatic N) is 1. The Kier molecular flexibility index (Phi) is 4.52. The van der Waals surface area contributed by atoms with Gasteiger partial charge < -0.3 is 14.8 Å². The van der Waals surface area contributed by atoms with E-state index in [1.165, 1.54) is 18.2 Å². The second kappa shape index (κ2) is 6.33. The number of nitro benzene ring substituents is 1. The van der Waals surface area contributed by atoms with Crippen LogP contribution in [0.3, 0.4) is 0 Å². The van der Waals surface area contributed by atoms with E-state index in [2.05, 4.69) is 5.32 Å². The number of hydrogen-bond acceptors (Lipinski definition) is 6. The predicted octanol–water partition coefficient (Wildman–Crippen LogP) is 1.40. The Morgan fingerprint density at radius 1 is 1.55 bits per heavy atom. The number of ether oxygens (including phenoxy) is 2. The molecule has 7 heteroatoms. The zero-order valence-corrected chi connectivity index (χ0v) is 11.1. The summed E-state index contributed by atoms with van der Waals surface area (Å²) in [7, 11) is 0. The summed E-state index contributed by atoms with van der Waals surface area (Å²) in [4.78, 5) is 21.8. The fourth-order valence-corrected chi connectivity index (χ4v) is 1.93. The largest absolute Gasteiger partial charge is 0.478 e. The highest BCUT2D eigenvalue weighted by Gasteiger charge is 2.29. The SMILES string of the molecule is CCNCc1cc([N+](=O)[O-])ccc1OC1CCOC1=O. The number of cyclic esters (lactones) is 1. The molecule has 1 unspecified atom stereocenters. The Balaban J connectivity index is 2.21. The number of nitro groups is 1. The van der Waals surface area contributed by atoms with Crippen molar-refractivity contribution in [1.29, 1.82) is 0 Å². The Bertz CT molecular complexity index is 517. The lowest BCUT2D eigenvalue weighted by Crippen LogP contribution is -2.23. The quantitative estimate of drug-likeness (QED) is 0.481. The Hall–Kier alpha value is -2.15. The highest BCUT2D eigenvalue weighted by atomic mass is 16.6. The molecule has 1 N–H and O–H groups in total. The predicted molar refractivity (Wildman–Crippen MR) is 70.5 cm³/mol. The first-order chi connectivity index (χ1) is 9.61. The van der Waals surface area contributed by atoms with Crippen LogP contribution in [-0.2, 0) is 16.1 Å². The van der Waals surface area contributed by atoms with Gasteiger partial charge in [0.2, 0.25) is 0 Å². The Morgan fingerprint density at radius 3 is 2.95 bits per heavy atom. The fraction of sp³-hybridized carbons (Fsp3) is 0.462. The number of benzene rings is 1. The van der Waals surface area contributed by atoms with Crippen molar-refractivity contribution in [2.45, 2.75) is 26.0 Å². The molecule has 108 valence electrons. The van der Waals surface area contributed by atoms with Crippen LogP contribution < -0.4 is 10.1 Å². The van der Waals surface area contributed by atoms with Crippen LogP contribution in [0.5, 0.6) is 5.75 Å². The molecule has 0 aliphatic carbocycles. The smallest absolute Gasteiger partial charge is 0.347 e. The molecular formula is C13H16N2O5. The van der Waals surface area contributed by atoms with Crippen molar-refractivity contribution in [3.8, 4) is 5.75 Å². The summed E-state index contributed by atoms with van der Waals surface area (Å²) in [6, 6.07) is 4.35. The second-order valence-corrected chi connectivity index (χ2v) is 4.39. The Morgan fingerprint density at radius 2 is 2.35 bits per heavy atom. The molecule has 1 fully saturated rings. The minimum absolute atomic E-state index is 0.000693. The summed E-state index contributed by atoms with van der Waals surface area (Å²) in [5.41, 5.74) is 0.653. The van der Waals surface area contributed by atoms with Gasteiger partial charge in [-0.05, 0) is 12.6 Å². The summed E-state index contributed by atoms with van der Waals surface area (Å²) in [6.07, 6.45) is -0.131. The van der Waals surface area contributed by atoms with Gasteiger partial charge in [-0.25, -0.2) is 4.79 Å². The minimum Gasteiger partial charge on any atom is -0.478 e. The molecular weight excluding hydrogens is 264 g/mol. The van der Waals surface area contributed by atoms with Crippen LogP contribution in [0, 0.1) is 10.1 Å². The third kappa shape index (κ3) is 3.24. The zero-order valence-electron chi connectivity index (χ0n) is 11.1. The number of rotatable bonds is 6. The number of hydrogen-bond donors (Lipinski definition) is 1. The molecule has 1 saturated heterocycles. The van der Waals surface area contributed by atoms with Gasteiger partial charge in [-0.3, -0.25) is 10.1 Å². The molecule has 1 heterocycles. The van der Waals surface area contributed by atoms with Crippen molar-refractivity contribution in [3.05, 3.63) is 33.9 Å². The molecule has 1 aliphatic rings. The maximum atomic E-state index is 11.4. The molecule has 1 aromatic carbocycles. The van der Waals surface area contributed by atoms with Gasteiger partial charge in [0.25, 0.3) is 5.69 Å². The molecule has 0 amide bonds. The normalized spacial score (nSPS) is 17.9. The van der Waals surface area contributed by atoms with Crippen LogP contribution in [0.25, 0.3) is 0 Å². The summed E-state index contributed by atoms with van der Waals surface area (Å²) in [6.45, 7) is 3.45. The van der Waals surface area contributed by atoms with Gasteiger partial charge in [-0.1, -0.05) is 6.92 Å². The molecule has 1 aromatic rings.